The van der Waals surface area contributed by atoms with Crippen LogP contribution >= 0.6 is 0 Å². The first-order chi connectivity index (χ1) is 22.1. The Labute approximate surface area is 274 Å². The van der Waals surface area contributed by atoms with Crippen molar-refractivity contribution in [3.63, 3.8) is 0 Å². The van der Waals surface area contributed by atoms with Crippen LogP contribution in [0.5, 0.6) is 0 Å². The molecule has 0 amide bonds. The average molecular weight is 596 g/mol. The van der Waals surface area contributed by atoms with Crippen LogP contribution in [0.3, 0.4) is 0 Å². The van der Waals surface area contributed by atoms with Crippen molar-refractivity contribution in [2.24, 2.45) is 0 Å². The minimum absolute atomic E-state index is 0.0893. The van der Waals surface area contributed by atoms with E-state index in [1.54, 1.807) is 0 Å². The molecule has 0 atom stereocenters. The smallest absolute Gasteiger partial charge is 0.0508 e. The van der Waals surface area contributed by atoms with Gasteiger partial charge in [-0.25, -0.2) is 0 Å². The van der Waals surface area contributed by atoms with Crippen molar-refractivity contribution in [1.29, 1.82) is 0 Å². The second-order valence-electron chi connectivity index (χ2n) is 14.6. The van der Waals surface area contributed by atoms with Gasteiger partial charge in [0.05, 0.1) is 5.69 Å². The Morgan fingerprint density at radius 2 is 1.00 bits per heavy atom. The average Bonchev–Trinajstić information content (AvgIpc) is 3.31. The highest BCUT2D eigenvalue weighted by Crippen LogP contribution is 2.58. The van der Waals surface area contributed by atoms with Crippen LogP contribution in [0, 0.1) is 0 Å². The summed E-state index contributed by atoms with van der Waals surface area (Å²) >= 11 is 0. The maximum absolute atomic E-state index is 2.49. The van der Waals surface area contributed by atoms with Crippen molar-refractivity contribution < 1.29 is 0 Å². The van der Waals surface area contributed by atoms with Crippen LogP contribution in [0.1, 0.15) is 63.8 Å². The van der Waals surface area contributed by atoms with Crippen molar-refractivity contribution in [2.75, 3.05) is 4.90 Å². The Morgan fingerprint density at radius 3 is 1.76 bits per heavy atom. The van der Waals surface area contributed by atoms with Crippen LogP contribution in [0.15, 0.2) is 140 Å². The number of nitrogens with zero attached hydrogens (tertiary/aromatic N) is 1. The number of para-hydroxylation sites is 1. The second-order valence-corrected chi connectivity index (χ2v) is 14.6. The number of hydrogen-bond acceptors (Lipinski definition) is 1. The van der Waals surface area contributed by atoms with Crippen molar-refractivity contribution in [1.82, 2.24) is 0 Å². The highest BCUT2D eigenvalue weighted by molar-refractivity contribution is 5.94. The van der Waals surface area contributed by atoms with E-state index < -0.39 is 0 Å². The number of fused-ring (bicyclic) bond motifs is 6. The first-order valence-electron chi connectivity index (χ1n) is 16.5. The molecule has 0 saturated carbocycles. The molecule has 46 heavy (non-hydrogen) atoms. The molecule has 0 unspecified atom stereocenters. The fourth-order valence-corrected chi connectivity index (χ4v) is 8.31. The summed E-state index contributed by atoms with van der Waals surface area (Å²) in [5, 5.41) is 0. The number of benzene rings is 6. The van der Waals surface area contributed by atoms with Gasteiger partial charge in [0.1, 0.15) is 0 Å². The number of hydrogen-bond donors (Lipinski definition) is 0. The van der Waals surface area contributed by atoms with Gasteiger partial charge in [-0.2, -0.15) is 0 Å². The zero-order valence-corrected chi connectivity index (χ0v) is 27.7. The van der Waals surface area contributed by atoms with Gasteiger partial charge in [0.15, 0.2) is 0 Å². The Morgan fingerprint density at radius 1 is 0.413 bits per heavy atom. The molecule has 0 fully saturated rings. The monoisotopic (exact) mass is 595 g/mol. The largest absolute Gasteiger partial charge is 0.310 e. The van der Waals surface area contributed by atoms with Gasteiger partial charge in [-0.1, -0.05) is 151 Å². The molecule has 0 saturated heterocycles. The lowest BCUT2D eigenvalue weighted by Crippen LogP contribution is -2.43. The van der Waals surface area contributed by atoms with Crippen LogP contribution in [0.25, 0.3) is 33.4 Å². The van der Waals surface area contributed by atoms with Gasteiger partial charge in [-0.05, 0) is 96.8 Å². The molecule has 8 rings (SSSR count). The fraction of sp³-hybridized carbons (Fsp3) is 0.200. The highest BCUT2D eigenvalue weighted by Gasteiger charge is 2.47. The Balaban J connectivity index is 1.39. The van der Waals surface area contributed by atoms with E-state index in [9.17, 15) is 0 Å². The molecule has 1 heteroatoms. The molecule has 2 aliphatic carbocycles. The molecule has 6 aromatic carbocycles. The molecule has 226 valence electrons. The Hall–Kier alpha value is -4.88. The van der Waals surface area contributed by atoms with Crippen LogP contribution in [0.4, 0.5) is 17.1 Å². The molecular formula is C45H41N. The first-order valence-corrected chi connectivity index (χ1v) is 16.5. The van der Waals surface area contributed by atoms with E-state index >= 15 is 0 Å². The van der Waals surface area contributed by atoms with Gasteiger partial charge in [0, 0.05) is 16.8 Å². The van der Waals surface area contributed by atoms with E-state index in [0.717, 1.165) is 0 Å². The first kappa shape index (κ1) is 28.6. The molecule has 0 N–H and O–H groups in total. The fourth-order valence-electron chi connectivity index (χ4n) is 8.31. The molecular weight excluding hydrogens is 555 g/mol. The lowest BCUT2D eigenvalue weighted by Gasteiger charge is -2.49. The topological polar surface area (TPSA) is 3.24 Å². The quantitative estimate of drug-likeness (QED) is 0.196. The van der Waals surface area contributed by atoms with Crippen molar-refractivity contribution in [3.8, 4) is 33.4 Å². The minimum Gasteiger partial charge on any atom is -0.310 e. The van der Waals surface area contributed by atoms with Gasteiger partial charge < -0.3 is 4.90 Å². The summed E-state index contributed by atoms with van der Waals surface area (Å²) in [4.78, 5) is 2.49. The summed E-state index contributed by atoms with van der Waals surface area (Å²) in [5.41, 5.74) is 16.8. The molecule has 0 spiro atoms. The number of anilines is 3. The summed E-state index contributed by atoms with van der Waals surface area (Å²) in [5.74, 6) is 0. The summed E-state index contributed by atoms with van der Waals surface area (Å²) in [6, 6.07) is 51.7. The van der Waals surface area contributed by atoms with Gasteiger partial charge >= 0.3 is 0 Å². The zero-order chi connectivity index (χ0) is 31.8. The molecule has 0 bridgehead atoms. The lowest BCUT2D eigenvalue weighted by atomic mass is 9.55. The predicted molar refractivity (Wildman–Crippen MR) is 196 cm³/mol. The zero-order valence-electron chi connectivity index (χ0n) is 27.7. The summed E-state index contributed by atoms with van der Waals surface area (Å²) in [6.45, 7) is 14.5. The minimum atomic E-state index is -0.130. The van der Waals surface area contributed by atoms with E-state index in [0.29, 0.717) is 0 Å². The third-order valence-corrected chi connectivity index (χ3v) is 11.4. The maximum Gasteiger partial charge on any atom is 0.0508 e. The van der Waals surface area contributed by atoms with E-state index in [-0.39, 0.29) is 16.2 Å². The van der Waals surface area contributed by atoms with E-state index in [4.69, 9.17) is 0 Å². The predicted octanol–water partition coefficient (Wildman–Crippen LogP) is 12.4. The van der Waals surface area contributed by atoms with Crippen molar-refractivity contribution >= 4 is 17.1 Å². The second kappa shape index (κ2) is 10.1. The summed E-state index contributed by atoms with van der Waals surface area (Å²) in [6.07, 6.45) is 0. The van der Waals surface area contributed by atoms with E-state index in [2.05, 4.69) is 186 Å². The Kier molecular flexibility index (Phi) is 6.25. The SMILES string of the molecule is CC1(C)c2ccccc2-c2cccc(N(c3ccccc3)c3ccc4c(c3)C(C)(C)C(C)(C)c3cccc(-c5ccccc5)c3-4)c21. The van der Waals surface area contributed by atoms with Gasteiger partial charge in [0.2, 0.25) is 0 Å². The van der Waals surface area contributed by atoms with Gasteiger partial charge in [0.25, 0.3) is 0 Å². The van der Waals surface area contributed by atoms with Crippen LogP contribution in [-0.4, -0.2) is 0 Å². The molecule has 0 aromatic heterocycles. The van der Waals surface area contributed by atoms with Crippen molar-refractivity contribution in [3.05, 3.63) is 162 Å². The van der Waals surface area contributed by atoms with Gasteiger partial charge in [-0.15, -0.1) is 0 Å². The maximum atomic E-state index is 2.49. The highest BCUT2D eigenvalue weighted by atomic mass is 15.1. The molecule has 1 nitrogen and oxygen atoms in total. The molecule has 0 aliphatic heterocycles. The molecule has 0 radical (unpaired) electrons. The Bertz CT molecular complexity index is 2110. The van der Waals surface area contributed by atoms with E-state index in [1.807, 2.05) is 0 Å². The summed E-state index contributed by atoms with van der Waals surface area (Å²) < 4.78 is 0. The van der Waals surface area contributed by atoms with Crippen molar-refractivity contribution in [2.45, 2.75) is 57.8 Å². The van der Waals surface area contributed by atoms with Crippen LogP contribution in [-0.2, 0) is 16.2 Å². The third-order valence-electron chi connectivity index (χ3n) is 11.4. The molecule has 6 aromatic rings. The lowest BCUT2D eigenvalue weighted by molar-refractivity contribution is 0.299. The normalized spacial score (nSPS) is 16.1. The molecule has 2 aliphatic rings. The van der Waals surface area contributed by atoms with Crippen LogP contribution in [0.2, 0.25) is 0 Å². The number of rotatable bonds is 4. The van der Waals surface area contributed by atoms with E-state index in [1.165, 1.54) is 72.7 Å². The van der Waals surface area contributed by atoms with Crippen LogP contribution < -0.4 is 4.90 Å². The summed E-state index contributed by atoms with van der Waals surface area (Å²) in [7, 11) is 0. The standard InChI is InChI=1S/C45H41N/c1-43(2)37-24-14-13-21-34(37)35-23-16-26-40(42(35)43)46(31-19-11-8-12-20-31)32-27-28-36-39(29-32)45(5,6)44(3,4)38-25-15-22-33(41(36)38)30-17-9-7-10-18-30/h7-29H,1-6H3. The molecule has 0 heterocycles. The third kappa shape index (κ3) is 3.94. The van der Waals surface area contributed by atoms with Gasteiger partial charge in [-0.3, -0.25) is 0 Å².